The molecule has 0 aromatic heterocycles. The van der Waals surface area contributed by atoms with Crippen LogP contribution in [0.3, 0.4) is 0 Å². The molecule has 0 bridgehead atoms. The van der Waals surface area contributed by atoms with Crippen LogP contribution in [0.15, 0.2) is 12.7 Å². The van der Waals surface area contributed by atoms with Crippen molar-refractivity contribution in [3.63, 3.8) is 0 Å². The van der Waals surface area contributed by atoms with Gasteiger partial charge in [0, 0.05) is 6.54 Å². The summed E-state index contributed by atoms with van der Waals surface area (Å²) in [4.78, 5) is 33.6. The first-order valence-corrected chi connectivity index (χ1v) is 5.87. The Bertz CT molecular complexity index is 343. The first-order valence-electron chi connectivity index (χ1n) is 5.87. The zero-order valence-electron chi connectivity index (χ0n) is 11.4. The van der Waals surface area contributed by atoms with E-state index in [1.165, 1.54) is 0 Å². The molecule has 2 N–H and O–H groups in total. The summed E-state index contributed by atoms with van der Waals surface area (Å²) >= 11 is 0. The maximum atomic E-state index is 11.4. The van der Waals surface area contributed by atoms with E-state index in [2.05, 4.69) is 17.2 Å². The minimum Gasteiger partial charge on any atom is -0.453 e. The number of esters is 2. The molecule has 0 fully saturated rings. The van der Waals surface area contributed by atoms with Crippen LogP contribution in [0.1, 0.15) is 13.8 Å². The molecule has 0 aliphatic rings. The second kappa shape index (κ2) is 9.09. The van der Waals surface area contributed by atoms with Crippen LogP contribution in [0.5, 0.6) is 0 Å². The zero-order valence-corrected chi connectivity index (χ0v) is 11.4. The predicted molar refractivity (Wildman–Crippen MR) is 68.2 cm³/mol. The van der Waals surface area contributed by atoms with Crippen molar-refractivity contribution in [1.29, 1.82) is 0 Å². The number of nitrogens with one attached hydrogen (secondary N) is 2. The van der Waals surface area contributed by atoms with Gasteiger partial charge in [0.05, 0.1) is 6.54 Å². The molecule has 108 valence electrons. The van der Waals surface area contributed by atoms with Crippen LogP contribution in [0.25, 0.3) is 0 Å². The summed E-state index contributed by atoms with van der Waals surface area (Å²) in [7, 11) is 1.70. The highest BCUT2D eigenvalue weighted by atomic mass is 16.6. The van der Waals surface area contributed by atoms with Crippen molar-refractivity contribution < 1.29 is 23.9 Å². The van der Waals surface area contributed by atoms with Gasteiger partial charge in [0.2, 0.25) is 5.91 Å². The van der Waals surface area contributed by atoms with Crippen LogP contribution in [0.4, 0.5) is 0 Å². The predicted octanol–water partition coefficient (Wildman–Crippen LogP) is -0.629. The second-order valence-electron chi connectivity index (χ2n) is 3.94. The van der Waals surface area contributed by atoms with E-state index in [-0.39, 0.29) is 12.5 Å². The Morgan fingerprint density at radius 3 is 2.00 bits per heavy atom. The number of rotatable bonds is 7. The van der Waals surface area contributed by atoms with Gasteiger partial charge in [0.15, 0.2) is 0 Å². The van der Waals surface area contributed by atoms with Gasteiger partial charge in [0.1, 0.15) is 12.2 Å². The molecular formula is C12H20N2O5. The maximum Gasteiger partial charge on any atom is 0.417 e. The summed E-state index contributed by atoms with van der Waals surface area (Å²) in [5, 5.41) is 5.25. The van der Waals surface area contributed by atoms with Crippen molar-refractivity contribution >= 4 is 17.8 Å². The third-order valence-electron chi connectivity index (χ3n) is 2.02. The van der Waals surface area contributed by atoms with Crippen LogP contribution in [0.2, 0.25) is 0 Å². The van der Waals surface area contributed by atoms with Gasteiger partial charge in [-0.25, -0.2) is 9.59 Å². The van der Waals surface area contributed by atoms with Crippen molar-refractivity contribution in [2.75, 3.05) is 20.1 Å². The summed E-state index contributed by atoms with van der Waals surface area (Å²) in [5.74, 6) is -2.51. The van der Waals surface area contributed by atoms with Crippen molar-refractivity contribution in [3.8, 4) is 0 Å². The van der Waals surface area contributed by atoms with E-state index in [1.807, 2.05) is 0 Å². The summed E-state index contributed by atoms with van der Waals surface area (Å²) in [6.45, 7) is 7.00. The van der Waals surface area contributed by atoms with E-state index in [9.17, 15) is 14.4 Å². The largest absolute Gasteiger partial charge is 0.453 e. The van der Waals surface area contributed by atoms with Gasteiger partial charge in [-0.15, -0.1) is 0 Å². The summed E-state index contributed by atoms with van der Waals surface area (Å²) in [6, 6.07) is 0. The van der Waals surface area contributed by atoms with E-state index in [0.717, 1.165) is 6.08 Å². The van der Waals surface area contributed by atoms with Crippen LogP contribution in [-0.4, -0.2) is 50.2 Å². The Kier molecular flexibility index (Phi) is 8.19. The van der Waals surface area contributed by atoms with Gasteiger partial charge in [-0.05, 0) is 27.0 Å². The Balaban J connectivity index is 4.04. The fourth-order valence-corrected chi connectivity index (χ4v) is 1.15. The molecule has 2 atom stereocenters. The van der Waals surface area contributed by atoms with Gasteiger partial charge >= 0.3 is 11.9 Å². The van der Waals surface area contributed by atoms with Crippen molar-refractivity contribution in [3.05, 3.63) is 12.7 Å². The third-order valence-corrected chi connectivity index (χ3v) is 2.02. The monoisotopic (exact) mass is 272 g/mol. The molecule has 7 nitrogen and oxygen atoms in total. The molecule has 0 aromatic rings. The van der Waals surface area contributed by atoms with Gasteiger partial charge in [-0.3, -0.25) is 4.79 Å². The van der Waals surface area contributed by atoms with Crippen molar-refractivity contribution in [2.24, 2.45) is 0 Å². The normalized spacial score (nSPS) is 13.0. The quantitative estimate of drug-likeness (QED) is 0.364. The van der Waals surface area contributed by atoms with Crippen molar-refractivity contribution in [1.82, 2.24) is 10.6 Å². The highest BCUT2D eigenvalue weighted by molar-refractivity contribution is 6.29. The minimum atomic E-state index is -1.08. The van der Waals surface area contributed by atoms with E-state index in [0.29, 0.717) is 6.54 Å². The standard InChI is InChI=1S/C12H20N2O5/c1-5-10(15)14-7-9(3)19-12(17)11(16)18-8(2)6-13-4/h5,8-9,13H,1,6-7H2,2-4H3,(H,14,15). The van der Waals surface area contributed by atoms with Crippen LogP contribution in [-0.2, 0) is 23.9 Å². The fourth-order valence-electron chi connectivity index (χ4n) is 1.15. The van der Waals surface area contributed by atoms with E-state index in [1.54, 1.807) is 20.9 Å². The molecule has 0 saturated heterocycles. The first kappa shape index (κ1) is 17.1. The molecular weight excluding hydrogens is 252 g/mol. The average molecular weight is 272 g/mol. The zero-order chi connectivity index (χ0) is 14.8. The van der Waals surface area contributed by atoms with Gasteiger partial charge in [0.25, 0.3) is 0 Å². The molecule has 0 spiro atoms. The molecule has 0 saturated carbocycles. The molecule has 7 heteroatoms. The summed E-state index contributed by atoms with van der Waals surface area (Å²) < 4.78 is 9.62. The number of amides is 1. The molecule has 0 radical (unpaired) electrons. The lowest BCUT2D eigenvalue weighted by Crippen LogP contribution is -2.36. The average Bonchev–Trinajstić information content (AvgIpc) is 2.35. The molecule has 19 heavy (non-hydrogen) atoms. The fraction of sp³-hybridized carbons (Fsp3) is 0.583. The van der Waals surface area contributed by atoms with Crippen LogP contribution in [0, 0.1) is 0 Å². The summed E-state index contributed by atoms with van der Waals surface area (Å²) in [6.07, 6.45) is 0.0341. The number of carbonyl (C=O) groups is 3. The topological polar surface area (TPSA) is 93.7 Å². The smallest absolute Gasteiger partial charge is 0.417 e. The molecule has 0 rings (SSSR count). The van der Waals surface area contributed by atoms with E-state index in [4.69, 9.17) is 9.47 Å². The third kappa shape index (κ3) is 7.93. The van der Waals surface area contributed by atoms with Gasteiger partial charge < -0.3 is 20.1 Å². The molecule has 0 aromatic carbocycles. The van der Waals surface area contributed by atoms with E-state index >= 15 is 0 Å². The lowest BCUT2D eigenvalue weighted by atomic mass is 10.4. The van der Waals surface area contributed by atoms with Crippen LogP contribution < -0.4 is 10.6 Å². The van der Waals surface area contributed by atoms with Crippen molar-refractivity contribution in [2.45, 2.75) is 26.1 Å². The van der Waals surface area contributed by atoms with Gasteiger partial charge in [-0.2, -0.15) is 0 Å². The molecule has 2 unspecified atom stereocenters. The lowest BCUT2D eigenvalue weighted by Gasteiger charge is -2.15. The van der Waals surface area contributed by atoms with Crippen LogP contribution >= 0.6 is 0 Å². The Hall–Kier alpha value is -1.89. The Morgan fingerprint density at radius 2 is 1.58 bits per heavy atom. The Morgan fingerprint density at radius 1 is 1.11 bits per heavy atom. The molecule has 1 amide bonds. The number of hydrogen-bond donors (Lipinski definition) is 2. The summed E-state index contributed by atoms with van der Waals surface area (Å²) in [5.41, 5.74) is 0. The molecule has 0 aliphatic heterocycles. The molecule has 0 heterocycles. The second-order valence-corrected chi connectivity index (χ2v) is 3.94. The SMILES string of the molecule is C=CC(=O)NCC(C)OC(=O)C(=O)OC(C)CNC. The first-order chi connectivity index (χ1) is 8.90. The lowest BCUT2D eigenvalue weighted by molar-refractivity contribution is -0.172. The van der Waals surface area contributed by atoms with Gasteiger partial charge in [-0.1, -0.05) is 6.58 Å². The minimum absolute atomic E-state index is 0.0932. The van der Waals surface area contributed by atoms with E-state index < -0.39 is 24.1 Å². The number of likely N-dealkylation sites (N-methyl/N-ethyl adjacent to an activating group) is 1. The maximum absolute atomic E-state index is 11.4. The highest BCUT2D eigenvalue weighted by Crippen LogP contribution is 1.96. The highest BCUT2D eigenvalue weighted by Gasteiger charge is 2.22. The number of hydrogen-bond acceptors (Lipinski definition) is 6. The number of ether oxygens (including phenoxy) is 2. The Labute approximate surface area is 112 Å². The number of carbonyl (C=O) groups excluding carboxylic acids is 3. The molecule has 0 aliphatic carbocycles.